The molecule has 0 bridgehead atoms. The molecule has 106 valence electrons. The van der Waals surface area contributed by atoms with Crippen molar-refractivity contribution in [2.24, 2.45) is 0 Å². The van der Waals surface area contributed by atoms with Crippen LogP contribution in [0.3, 0.4) is 0 Å². The second-order valence-corrected chi connectivity index (χ2v) is 6.04. The van der Waals surface area contributed by atoms with Gasteiger partial charge in [-0.3, -0.25) is 0 Å². The Morgan fingerprint density at radius 1 is 0.850 bits per heavy atom. The minimum absolute atomic E-state index is 0.0640. The molecule has 0 aliphatic heterocycles. The van der Waals surface area contributed by atoms with Gasteiger partial charge in [0.1, 0.15) is 12.4 Å². The van der Waals surface area contributed by atoms with E-state index in [9.17, 15) is 0 Å². The van der Waals surface area contributed by atoms with E-state index in [1.165, 1.54) is 5.56 Å². The second-order valence-electron chi connectivity index (χ2n) is 6.04. The van der Waals surface area contributed by atoms with Crippen LogP contribution >= 0.6 is 0 Å². The molecule has 0 radical (unpaired) electrons. The normalized spacial score (nSPS) is 11.4. The Balaban J connectivity index is 1.96. The Kier molecular flexibility index (Phi) is 4.46. The molecule has 1 N–H and O–H groups in total. The Bertz CT molecular complexity index is 533. The van der Waals surface area contributed by atoms with Crippen molar-refractivity contribution in [1.82, 2.24) is 0 Å². The quantitative estimate of drug-likeness (QED) is 0.908. The first-order valence-corrected chi connectivity index (χ1v) is 6.91. The number of aliphatic hydroxyl groups is 1. The molecule has 0 saturated heterocycles. The van der Waals surface area contributed by atoms with Crippen molar-refractivity contribution < 1.29 is 9.84 Å². The van der Waals surface area contributed by atoms with E-state index in [1.54, 1.807) is 0 Å². The van der Waals surface area contributed by atoms with Crippen LogP contribution in [0.15, 0.2) is 48.5 Å². The highest BCUT2D eigenvalue weighted by Gasteiger charge is 2.12. The summed E-state index contributed by atoms with van der Waals surface area (Å²) in [6.45, 7) is 7.25. The minimum Gasteiger partial charge on any atom is -0.489 e. The minimum atomic E-state index is 0.0640. The summed E-state index contributed by atoms with van der Waals surface area (Å²) in [4.78, 5) is 0. The van der Waals surface area contributed by atoms with Crippen LogP contribution in [0.25, 0.3) is 0 Å². The second kappa shape index (κ2) is 6.10. The molecule has 2 heteroatoms. The smallest absolute Gasteiger partial charge is 0.119 e. The summed E-state index contributed by atoms with van der Waals surface area (Å²) in [5.41, 5.74) is 3.56. The Morgan fingerprint density at radius 2 is 1.40 bits per heavy atom. The highest BCUT2D eigenvalue weighted by atomic mass is 16.5. The van der Waals surface area contributed by atoms with E-state index in [-0.39, 0.29) is 12.0 Å². The van der Waals surface area contributed by atoms with E-state index < -0.39 is 0 Å². The standard InChI is InChI=1S/C18H22O2/c1-18(2,3)16-8-4-15(5-9-16)13-20-17-10-6-14(12-19)7-11-17/h4-11,19H,12-13H2,1-3H3. The van der Waals surface area contributed by atoms with Crippen molar-refractivity contribution in [3.05, 3.63) is 65.2 Å². The molecular formula is C18H22O2. The van der Waals surface area contributed by atoms with E-state index >= 15 is 0 Å². The fourth-order valence-electron chi connectivity index (χ4n) is 1.96. The van der Waals surface area contributed by atoms with Crippen LogP contribution in [0.5, 0.6) is 5.75 Å². The summed E-state index contributed by atoms with van der Waals surface area (Å²) in [5, 5.41) is 8.99. The van der Waals surface area contributed by atoms with E-state index in [0.29, 0.717) is 6.61 Å². The first-order chi connectivity index (χ1) is 9.49. The van der Waals surface area contributed by atoms with Crippen molar-refractivity contribution in [3.63, 3.8) is 0 Å². The molecule has 0 saturated carbocycles. The molecule has 0 atom stereocenters. The molecule has 2 aromatic rings. The molecule has 0 fully saturated rings. The summed E-state index contributed by atoms with van der Waals surface area (Å²) in [5.74, 6) is 0.821. The van der Waals surface area contributed by atoms with Gasteiger partial charge in [0.2, 0.25) is 0 Å². The lowest BCUT2D eigenvalue weighted by Gasteiger charge is -2.19. The number of rotatable bonds is 4. The molecule has 0 amide bonds. The van der Waals surface area contributed by atoms with Gasteiger partial charge in [0.15, 0.2) is 0 Å². The largest absolute Gasteiger partial charge is 0.489 e. The highest BCUT2D eigenvalue weighted by molar-refractivity contribution is 5.29. The third-order valence-electron chi connectivity index (χ3n) is 3.33. The number of ether oxygens (including phenoxy) is 1. The maximum Gasteiger partial charge on any atom is 0.119 e. The zero-order chi connectivity index (χ0) is 14.6. The number of hydrogen-bond donors (Lipinski definition) is 1. The highest BCUT2D eigenvalue weighted by Crippen LogP contribution is 2.22. The van der Waals surface area contributed by atoms with Gasteiger partial charge in [0.05, 0.1) is 6.61 Å². The van der Waals surface area contributed by atoms with E-state index in [0.717, 1.165) is 16.9 Å². The maximum absolute atomic E-state index is 8.99. The Hall–Kier alpha value is -1.80. The molecular weight excluding hydrogens is 248 g/mol. The van der Waals surface area contributed by atoms with Crippen molar-refractivity contribution in [2.75, 3.05) is 0 Å². The predicted molar refractivity (Wildman–Crippen MR) is 81.8 cm³/mol. The van der Waals surface area contributed by atoms with Crippen LogP contribution in [-0.2, 0) is 18.6 Å². The van der Waals surface area contributed by atoms with Crippen LogP contribution in [0.1, 0.15) is 37.5 Å². The van der Waals surface area contributed by atoms with Gasteiger partial charge in [0.25, 0.3) is 0 Å². The van der Waals surface area contributed by atoms with Crippen LogP contribution < -0.4 is 4.74 Å². The lowest BCUT2D eigenvalue weighted by atomic mass is 9.87. The topological polar surface area (TPSA) is 29.5 Å². The van der Waals surface area contributed by atoms with Gasteiger partial charge in [-0.15, -0.1) is 0 Å². The average molecular weight is 270 g/mol. The van der Waals surface area contributed by atoms with Crippen molar-refractivity contribution in [3.8, 4) is 5.75 Å². The van der Waals surface area contributed by atoms with Crippen molar-refractivity contribution in [2.45, 2.75) is 39.4 Å². The molecule has 0 unspecified atom stereocenters. The maximum atomic E-state index is 8.99. The molecule has 0 heterocycles. The average Bonchev–Trinajstić information content (AvgIpc) is 2.45. The third-order valence-corrected chi connectivity index (χ3v) is 3.33. The summed E-state index contributed by atoms with van der Waals surface area (Å²) in [6, 6.07) is 16.1. The lowest BCUT2D eigenvalue weighted by Crippen LogP contribution is -2.10. The predicted octanol–water partition coefficient (Wildman–Crippen LogP) is 4.06. The van der Waals surface area contributed by atoms with Crippen molar-refractivity contribution >= 4 is 0 Å². The zero-order valence-corrected chi connectivity index (χ0v) is 12.4. The first kappa shape index (κ1) is 14.6. The molecule has 0 aliphatic rings. The van der Waals surface area contributed by atoms with Gasteiger partial charge >= 0.3 is 0 Å². The first-order valence-electron chi connectivity index (χ1n) is 6.91. The Labute approximate surface area is 121 Å². The zero-order valence-electron chi connectivity index (χ0n) is 12.4. The van der Waals surface area contributed by atoms with Gasteiger partial charge < -0.3 is 9.84 Å². The summed E-state index contributed by atoms with van der Waals surface area (Å²) in [6.07, 6.45) is 0. The Morgan fingerprint density at radius 3 is 1.90 bits per heavy atom. The molecule has 2 nitrogen and oxygen atoms in total. The van der Waals surface area contributed by atoms with E-state index in [1.807, 2.05) is 24.3 Å². The molecule has 2 rings (SSSR count). The molecule has 2 aromatic carbocycles. The summed E-state index contributed by atoms with van der Waals surface area (Å²) in [7, 11) is 0. The SMILES string of the molecule is CC(C)(C)c1ccc(COc2ccc(CO)cc2)cc1. The van der Waals surface area contributed by atoms with Gasteiger partial charge in [-0.05, 0) is 34.2 Å². The summed E-state index contributed by atoms with van der Waals surface area (Å²) >= 11 is 0. The van der Waals surface area contributed by atoms with Gasteiger partial charge in [-0.2, -0.15) is 0 Å². The van der Waals surface area contributed by atoms with Crippen LogP contribution in [-0.4, -0.2) is 5.11 Å². The van der Waals surface area contributed by atoms with Gasteiger partial charge in [-0.1, -0.05) is 57.2 Å². The van der Waals surface area contributed by atoms with Crippen molar-refractivity contribution in [1.29, 1.82) is 0 Å². The molecule has 20 heavy (non-hydrogen) atoms. The third kappa shape index (κ3) is 3.84. The molecule has 0 spiro atoms. The van der Waals surface area contributed by atoms with Gasteiger partial charge in [-0.25, -0.2) is 0 Å². The van der Waals surface area contributed by atoms with Crippen LogP contribution in [0.2, 0.25) is 0 Å². The monoisotopic (exact) mass is 270 g/mol. The van der Waals surface area contributed by atoms with Crippen LogP contribution in [0, 0.1) is 0 Å². The van der Waals surface area contributed by atoms with Gasteiger partial charge in [0, 0.05) is 0 Å². The molecule has 0 aromatic heterocycles. The molecule has 0 aliphatic carbocycles. The van der Waals surface area contributed by atoms with E-state index in [2.05, 4.69) is 45.0 Å². The summed E-state index contributed by atoms with van der Waals surface area (Å²) < 4.78 is 5.74. The number of benzene rings is 2. The lowest BCUT2D eigenvalue weighted by molar-refractivity contribution is 0.280. The number of aliphatic hydroxyl groups excluding tert-OH is 1. The van der Waals surface area contributed by atoms with Crippen LogP contribution in [0.4, 0.5) is 0 Å². The van der Waals surface area contributed by atoms with E-state index in [4.69, 9.17) is 9.84 Å². The fraction of sp³-hybridized carbons (Fsp3) is 0.333. The fourth-order valence-corrected chi connectivity index (χ4v) is 1.96. The number of hydrogen-bond acceptors (Lipinski definition) is 2.